The molecule has 0 aliphatic carbocycles. The molecule has 0 aliphatic heterocycles. The van der Waals surface area contributed by atoms with Gasteiger partial charge >= 0.3 is 0 Å². The van der Waals surface area contributed by atoms with Crippen molar-refractivity contribution in [1.29, 1.82) is 0 Å². The van der Waals surface area contributed by atoms with Crippen LogP contribution in [0.5, 0.6) is 0 Å². The van der Waals surface area contributed by atoms with Crippen LogP contribution in [-0.2, 0) is 0 Å². The molecule has 3 rings (SSSR count). The largest absolute Gasteiger partial charge is 0.289 e. The molecule has 0 aliphatic rings. The molecular formula is C15H11FN2S. The van der Waals surface area contributed by atoms with Gasteiger partial charge in [-0.3, -0.25) is 4.57 Å². The van der Waals surface area contributed by atoms with Gasteiger partial charge in [-0.25, -0.2) is 9.37 Å². The molecule has 0 bridgehead atoms. The van der Waals surface area contributed by atoms with Gasteiger partial charge in [-0.15, -0.1) is 0 Å². The van der Waals surface area contributed by atoms with Gasteiger partial charge in [-0.1, -0.05) is 30.4 Å². The van der Waals surface area contributed by atoms with Crippen molar-refractivity contribution in [3.8, 4) is 5.69 Å². The van der Waals surface area contributed by atoms with Crippen LogP contribution in [-0.4, -0.2) is 9.55 Å². The Morgan fingerprint density at radius 2 is 1.84 bits per heavy atom. The van der Waals surface area contributed by atoms with Gasteiger partial charge in [0.15, 0.2) is 0 Å². The zero-order chi connectivity index (χ0) is 13.4. The number of fused-ring (bicyclic) bond motifs is 1. The standard InChI is InChI=1S/C15H11FN2S/c1-10-17-14-9-11(16)7-8-13(14)15(19)18(10)12-5-3-2-4-6-12/h2-9H,1H3. The smallest absolute Gasteiger partial charge is 0.125 e. The zero-order valence-electron chi connectivity index (χ0n) is 10.3. The molecule has 2 aromatic carbocycles. The van der Waals surface area contributed by atoms with Gasteiger partial charge in [-0.05, 0) is 31.2 Å². The number of para-hydroxylation sites is 1. The zero-order valence-corrected chi connectivity index (χ0v) is 11.1. The summed E-state index contributed by atoms with van der Waals surface area (Å²) in [7, 11) is 0. The average molecular weight is 270 g/mol. The van der Waals surface area contributed by atoms with Crippen LogP contribution in [0.2, 0.25) is 0 Å². The van der Waals surface area contributed by atoms with E-state index >= 15 is 0 Å². The van der Waals surface area contributed by atoms with E-state index in [4.69, 9.17) is 12.2 Å². The molecule has 1 heterocycles. The van der Waals surface area contributed by atoms with Crippen LogP contribution in [0, 0.1) is 17.4 Å². The van der Waals surface area contributed by atoms with Crippen molar-refractivity contribution in [2.45, 2.75) is 6.92 Å². The van der Waals surface area contributed by atoms with E-state index in [0.717, 1.165) is 16.9 Å². The van der Waals surface area contributed by atoms with Crippen molar-refractivity contribution in [2.75, 3.05) is 0 Å². The highest BCUT2D eigenvalue weighted by Crippen LogP contribution is 2.19. The number of hydrogen-bond acceptors (Lipinski definition) is 2. The van der Waals surface area contributed by atoms with Crippen LogP contribution >= 0.6 is 12.2 Å². The van der Waals surface area contributed by atoms with Gasteiger partial charge < -0.3 is 0 Å². The molecule has 0 saturated carbocycles. The minimum atomic E-state index is -0.300. The SMILES string of the molecule is Cc1nc2cc(F)ccc2c(=S)n1-c1ccccc1. The van der Waals surface area contributed by atoms with E-state index in [9.17, 15) is 4.39 Å². The van der Waals surface area contributed by atoms with Crippen molar-refractivity contribution in [3.05, 3.63) is 64.8 Å². The topological polar surface area (TPSA) is 17.8 Å². The number of aryl methyl sites for hydroxylation is 1. The van der Waals surface area contributed by atoms with E-state index in [0.29, 0.717) is 10.2 Å². The van der Waals surface area contributed by atoms with E-state index < -0.39 is 0 Å². The number of hydrogen-bond donors (Lipinski definition) is 0. The Kier molecular flexibility index (Phi) is 2.87. The molecule has 0 N–H and O–H groups in total. The summed E-state index contributed by atoms with van der Waals surface area (Å²) < 4.78 is 15.8. The minimum Gasteiger partial charge on any atom is -0.289 e. The molecule has 1 aromatic heterocycles. The molecule has 3 aromatic rings. The molecule has 2 nitrogen and oxygen atoms in total. The monoisotopic (exact) mass is 270 g/mol. The summed E-state index contributed by atoms with van der Waals surface area (Å²) in [5.41, 5.74) is 1.55. The second kappa shape index (κ2) is 4.55. The highest BCUT2D eigenvalue weighted by molar-refractivity contribution is 7.71. The lowest BCUT2D eigenvalue weighted by Crippen LogP contribution is -2.05. The highest BCUT2D eigenvalue weighted by atomic mass is 32.1. The van der Waals surface area contributed by atoms with Crippen molar-refractivity contribution < 1.29 is 4.39 Å². The fraction of sp³-hybridized carbons (Fsp3) is 0.0667. The molecule has 4 heteroatoms. The Hall–Kier alpha value is -2.07. The van der Waals surface area contributed by atoms with Gasteiger partial charge in [0.25, 0.3) is 0 Å². The Morgan fingerprint density at radius 3 is 2.58 bits per heavy atom. The Bertz CT molecular complexity index is 809. The maximum Gasteiger partial charge on any atom is 0.125 e. The lowest BCUT2D eigenvalue weighted by molar-refractivity contribution is 0.629. The summed E-state index contributed by atoms with van der Waals surface area (Å²) in [6.07, 6.45) is 0. The van der Waals surface area contributed by atoms with E-state index in [-0.39, 0.29) is 5.82 Å². The molecule has 19 heavy (non-hydrogen) atoms. The van der Waals surface area contributed by atoms with Gasteiger partial charge in [-0.2, -0.15) is 0 Å². The normalized spacial score (nSPS) is 10.8. The molecular weight excluding hydrogens is 259 g/mol. The number of nitrogens with zero attached hydrogens (tertiary/aromatic N) is 2. The molecule has 0 fully saturated rings. The van der Waals surface area contributed by atoms with Crippen LogP contribution in [0.25, 0.3) is 16.6 Å². The van der Waals surface area contributed by atoms with Crippen molar-refractivity contribution in [2.24, 2.45) is 0 Å². The fourth-order valence-corrected chi connectivity index (χ4v) is 2.56. The second-order valence-electron chi connectivity index (χ2n) is 4.30. The number of benzene rings is 2. The highest BCUT2D eigenvalue weighted by Gasteiger charge is 2.07. The number of halogens is 1. The molecule has 0 radical (unpaired) electrons. The molecule has 0 spiro atoms. The van der Waals surface area contributed by atoms with E-state index in [1.165, 1.54) is 12.1 Å². The summed E-state index contributed by atoms with van der Waals surface area (Å²) in [6, 6.07) is 14.3. The first-order valence-electron chi connectivity index (χ1n) is 5.91. The Balaban J connectivity index is 2.39. The van der Waals surface area contributed by atoms with Gasteiger partial charge in [0.05, 0.1) is 5.52 Å². The maximum absolute atomic E-state index is 13.2. The third-order valence-corrected chi connectivity index (χ3v) is 3.42. The maximum atomic E-state index is 13.2. The summed E-state index contributed by atoms with van der Waals surface area (Å²) in [6.45, 7) is 1.87. The van der Waals surface area contributed by atoms with Gasteiger partial charge in [0, 0.05) is 17.1 Å². The third kappa shape index (κ3) is 2.04. The van der Waals surface area contributed by atoms with E-state index in [2.05, 4.69) is 4.98 Å². The lowest BCUT2D eigenvalue weighted by Gasteiger charge is -2.12. The van der Waals surface area contributed by atoms with Gasteiger partial charge in [0.2, 0.25) is 0 Å². The minimum absolute atomic E-state index is 0.300. The average Bonchev–Trinajstić information content (AvgIpc) is 2.39. The molecule has 0 saturated heterocycles. The molecule has 0 amide bonds. The van der Waals surface area contributed by atoms with Crippen molar-refractivity contribution >= 4 is 23.1 Å². The molecule has 0 unspecified atom stereocenters. The third-order valence-electron chi connectivity index (χ3n) is 3.01. The predicted molar refractivity (Wildman–Crippen MR) is 76.6 cm³/mol. The first-order valence-corrected chi connectivity index (χ1v) is 6.32. The van der Waals surface area contributed by atoms with E-state index in [1.54, 1.807) is 6.07 Å². The van der Waals surface area contributed by atoms with Crippen molar-refractivity contribution in [1.82, 2.24) is 9.55 Å². The summed E-state index contributed by atoms with van der Waals surface area (Å²) in [4.78, 5) is 4.43. The van der Waals surface area contributed by atoms with Crippen molar-refractivity contribution in [3.63, 3.8) is 0 Å². The quantitative estimate of drug-likeness (QED) is 0.617. The van der Waals surface area contributed by atoms with Crippen LogP contribution in [0.15, 0.2) is 48.5 Å². The summed E-state index contributed by atoms with van der Waals surface area (Å²) >= 11 is 5.51. The number of rotatable bonds is 1. The Labute approximate surface area is 115 Å². The van der Waals surface area contributed by atoms with E-state index in [1.807, 2.05) is 41.8 Å². The predicted octanol–water partition coefficient (Wildman–Crippen LogP) is 4.20. The Morgan fingerprint density at radius 1 is 1.11 bits per heavy atom. The van der Waals surface area contributed by atoms with Crippen LogP contribution in [0.3, 0.4) is 0 Å². The summed E-state index contributed by atoms with van der Waals surface area (Å²) in [5, 5.41) is 0.783. The molecule has 94 valence electrons. The lowest BCUT2D eigenvalue weighted by atomic mass is 10.2. The molecule has 0 atom stereocenters. The van der Waals surface area contributed by atoms with Gasteiger partial charge in [0.1, 0.15) is 16.3 Å². The number of aromatic nitrogens is 2. The summed E-state index contributed by atoms with van der Waals surface area (Å²) in [5.74, 6) is 0.445. The van der Waals surface area contributed by atoms with Crippen LogP contribution in [0.4, 0.5) is 4.39 Å². The fourth-order valence-electron chi connectivity index (χ4n) is 2.15. The second-order valence-corrected chi connectivity index (χ2v) is 4.68. The first kappa shape index (κ1) is 12.0. The van der Waals surface area contributed by atoms with Crippen LogP contribution in [0.1, 0.15) is 5.82 Å². The first-order chi connectivity index (χ1) is 9.16. The van der Waals surface area contributed by atoms with Crippen LogP contribution < -0.4 is 0 Å².